The van der Waals surface area contributed by atoms with Crippen LogP contribution in [0.3, 0.4) is 0 Å². The largest absolute Gasteiger partial charge is 0.394 e. The third-order valence-corrected chi connectivity index (χ3v) is 2.77. The van der Waals surface area contributed by atoms with Gasteiger partial charge in [0.1, 0.15) is 6.79 Å². The minimum absolute atomic E-state index is 0.104. The Bertz CT molecular complexity index is 302. The molecule has 2 N–H and O–H groups in total. The second kappa shape index (κ2) is 9.05. The van der Waals surface area contributed by atoms with Gasteiger partial charge >= 0.3 is 0 Å². The summed E-state index contributed by atoms with van der Waals surface area (Å²) in [5.41, 5.74) is 1.24. The maximum Gasteiger partial charge on any atom is 0.146 e. The van der Waals surface area contributed by atoms with Gasteiger partial charge in [-0.3, -0.25) is 0 Å². The number of methoxy groups -OCH3 is 1. The van der Waals surface area contributed by atoms with E-state index >= 15 is 0 Å². The fraction of sp³-hybridized carbons (Fsp3) is 0.571. The molecule has 4 heteroatoms. The molecule has 1 rings (SSSR count). The molecule has 0 fully saturated rings. The van der Waals surface area contributed by atoms with Gasteiger partial charge in [0.2, 0.25) is 0 Å². The van der Waals surface area contributed by atoms with Crippen molar-refractivity contribution >= 4 is 0 Å². The van der Waals surface area contributed by atoms with E-state index in [9.17, 15) is 5.11 Å². The molecule has 102 valence electrons. The zero-order valence-electron chi connectivity index (χ0n) is 10.8. The van der Waals surface area contributed by atoms with Gasteiger partial charge in [0, 0.05) is 13.5 Å². The molecule has 0 bridgehead atoms. The van der Waals surface area contributed by atoms with Gasteiger partial charge < -0.3 is 19.7 Å². The molecular formula is C14H22O4. The molecule has 4 nitrogen and oxygen atoms in total. The van der Waals surface area contributed by atoms with Crippen molar-refractivity contribution < 1.29 is 19.7 Å². The summed E-state index contributed by atoms with van der Waals surface area (Å²) in [6, 6.07) is 10.1. The summed E-state index contributed by atoms with van der Waals surface area (Å²) in [5, 5.41) is 18.3. The van der Waals surface area contributed by atoms with Crippen molar-refractivity contribution in [2.45, 2.75) is 31.5 Å². The molecule has 0 saturated heterocycles. The third kappa shape index (κ3) is 6.12. The average Bonchev–Trinajstić information content (AvgIpc) is 2.42. The number of hydrogen-bond donors (Lipinski definition) is 2. The van der Waals surface area contributed by atoms with E-state index in [1.54, 1.807) is 7.11 Å². The van der Waals surface area contributed by atoms with E-state index < -0.39 is 6.10 Å². The van der Waals surface area contributed by atoms with Crippen molar-refractivity contribution in [1.29, 1.82) is 0 Å². The van der Waals surface area contributed by atoms with Gasteiger partial charge in [0.25, 0.3) is 0 Å². The number of aliphatic hydroxyl groups is 2. The van der Waals surface area contributed by atoms with E-state index in [0.29, 0.717) is 6.42 Å². The van der Waals surface area contributed by atoms with Crippen molar-refractivity contribution in [3.8, 4) is 0 Å². The third-order valence-electron chi connectivity index (χ3n) is 2.77. The lowest BCUT2D eigenvalue weighted by atomic mass is 10.0. The van der Waals surface area contributed by atoms with Crippen LogP contribution in [-0.4, -0.2) is 42.9 Å². The Hall–Kier alpha value is -0.940. The molecule has 0 aliphatic carbocycles. The first-order valence-corrected chi connectivity index (χ1v) is 6.19. The maximum atomic E-state index is 9.45. The van der Waals surface area contributed by atoms with Gasteiger partial charge in [-0.2, -0.15) is 0 Å². The summed E-state index contributed by atoms with van der Waals surface area (Å²) in [6.07, 6.45) is 1.26. The van der Waals surface area contributed by atoms with Crippen LogP contribution in [-0.2, 0) is 15.9 Å². The van der Waals surface area contributed by atoms with Crippen molar-refractivity contribution in [3.63, 3.8) is 0 Å². The SMILES string of the molecule is COCO[C@@H](CCc1ccccc1)C[C@@H](O)CO. The number of benzene rings is 1. The van der Waals surface area contributed by atoms with Gasteiger partial charge in [0.05, 0.1) is 18.8 Å². The fourth-order valence-electron chi connectivity index (χ4n) is 1.78. The summed E-state index contributed by atoms with van der Waals surface area (Å²) >= 11 is 0. The highest BCUT2D eigenvalue weighted by atomic mass is 16.7. The van der Waals surface area contributed by atoms with E-state index in [1.165, 1.54) is 5.56 Å². The van der Waals surface area contributed by atoms with E-state index in [-0.39, 0.29) is 19.5 Å². The zero-order valence-corrected chi connectivity index (χ0v) is 10.8. The first-order chi connectivity index (χ1) is 8.76. The second-order valence-electron chi connectivity index (χ2n) is 4.29. The predicted octanol–water partition coefficient (Wildman–Crippen LogP) is 1.35. The highest BCUT2D eigenvalue weighted by Gasteiger charge is 2.14. The quantitative estimate of drug-likeness (QED) is 0.653. The Balaban J connectivity index is 2.39. The van der Waals surface area contributed by atoms with Crippen LogP contribution in [0.25, 0.3) is 0 Å². The monoisotopic (exact) mass is 254 g/mol. The van der Waals surface area contributed by atoms with Crippen LogP contribution in [0.2, 0.25) is 0 Å². The van der Waals surface area contributed by atoms with Crippen LogP contribution in [0.1, 0.15) is 18.4 Å². The topological polar surface area (TPSA) is 58.9 Å². The maximum absolute atomic E-state index is 9.45. The molecule has 0 unspecified atom stereocenters. The molecular weight excluding hydrogens is 232 g/mol. The average molecular weight is 254 g/mol. The van der Waals surface area contributed by atoms with Crippen molar-refractivity contribution in [3.05, 3.63) is 35.9 Å². The summed E-state index contributed by atoms with van der Waals surface area (Å²) < 4.78 is 10.4. The van der Waals surface area contributed by atoms with E-state index in [0.717, 1.165) is 12.8 Å². The number of aryl methyl sites for hydroxylation is 1. The molecule has 0 aliphatic heterocycles. The van der Waals surface area contributed by atoms with Crippen LogP contribution in [0.4, 0.5) is 0 Å². The Labute approximate surface area is 108 Å². The minimum atomic E-state index is -0.734. The molecule has 0 spiro atoms. The van der Waals surface area contributed by atoms with Gasteiger partial charge in [-0.25, -0.2) is 0 Å². The number of rotatable bonds is 9. The first kappa shape index (κ1) is 15.1. The molecule has 0 aromatic heterocycles. The molecule has 18 heavy (non-hydrogen) atoms. The van der Waals surface area contributed by atoms with Crippen LogP contribution < -0.4 is 0 Å². The fourth-order valence-corrected chi connectivity index (χ4v) is 1.78. The minimum Gasteiger partial charge on any atom is -0.394 e. The van der Waals surface area contributed by atoms with E-state index in [1.807, 2.05) is 18.2 Å². The molecule has 0 saturated carbocycles. The second-order valence-corrected chi connectivity index (χ2v) is 4.29. The van der Waals surface area contributed by atoms with Gasteiger partial charge in [0.15, 0.2) is 0 Å². The van der Waals surface area contributed by atoms with Crippen LogP contribution >= 0.6 is 0 Å². The van der Waals surface area contributed by atoms with Crippen LogP contribution in [0.5, 0.6) is 0 Å². The standard InChI is InChI=1S/C14H22O4/c1-17-11-18-14(9-13(16)10-15)8-7-12-5-3-2-4-6-12/h2-6,13-16H,7-11H2,1H3/t13-,14+/m1/s1. The molecule has 0 heterocycles. The molecule has 1 aromatic carbocycles. The number of ether oxygens (including phenoxy) is 2. The number of aliphatic hydroxyl groups excluding tert-OH is 2. The Morgan fingerprint density at radius 3 is 2.56 bits per heavy atom. The van der Waals surface area contributed by atoms with Gasteiger partial charge in [-0.05, 0) is 18.4 Å². The van der Waals surface area contributed by atoms with Crippen molar-refractivity contribution in [2.24, 2.45) is 0 Å². The van der Waals surface area contributed by atoms with E-state index in [4.69, 9.17) is 14.6 Å². The normalized spacial score (nSPS) is 14.4. The Morgan fingerprint density at radius 2 is 1.94 bits per heavy atom. The molecule has 0 radical (unpaired) electrons. The Kier molecular flexibility index (Phi) is 7.60. The lowest BCUT2D eigenvalue weighted by molar-refractivity contribution is -0.0896. The van der Waals surface area contributed by atoms with Crippen molar-refractivity contribution in [1.82, 2.24) is 0 Å². The first-order valence-electron chi connectivity index (χ1n) is 6.19. The summed E-state index contributed by atoms with van der Waals surface area (Å²) in [4.78, 5) is 0. The molecule has 0 amide bonds. The molecule has 2 atom stereocenters. The summed E-state index contributed by atoms with van der Waals surface area (Å²) in [7, 11) is 1.57. The molecule has 0 aliphatic rings. The highest BCUT2D eigenvalue weighted by Crippen LogP contribution is 2.12. The van der Waals surface area contributed by atoms with E-state index in [2.05, 4.69) is 12.1 Å². The number of hydrogen-bond acceptors (Lipinski definition) is 4. The smallest absolute Gasteiger partial charge is 0.146 e. The predicted molar refractivity (Wildman–Crippen MR) is 69.2 cm³/mol. The van der Waals surface area contributed by atoms with Crippen LogP contribution in [0.15, 0.2) is 30.3 Å². The molecule has 1 aromatic rings. The lowest BCUT2D eigenvalue weighted by Gasteiger charge is -2.19. The summed E-state index contributed by atoms with van der Waals surface area (Å²) in [6.45, 7) is -0.0320. The Morgan fingerprint density at radius 1 is 1.22 bits per heavy atom. The van der Waals surface area contributed by atoms with Crippen LogP contribution in [0, 0.1) is 0 Å². The van der Waals surface area contributed by atoms with Gasteiger partial charge in [-0.15, -0.1) is 0 Å². The summed E-state index contributed by atoms with van der Waals surface area (Å²) in [5.74, 6) is 0. The zero-order chi connectivity index (χ0) is 13.2. The van der Waals surface area contributed by atoms with Crippen molar-refractivity contribution in [2.75, 3.05) is 20.5 Å². The van der Waals surface area contributed by atoms with Gasteiger partial charge in [-0.1, -0.05) is 30.3 Å². The highest BCUT2D eigenvalue weighted by molar-refractivity contribution is 5.14. The lowest BCUT2D eigenvalue weighted by Crippen LogP contribution is -2.24.